The summed E-state index contributed by atoms with van der Waals surface area (Å²) in [6.07, 6.45) is -2.19. The van der Waals surface area contributed by atoms with E-state index in [2.05, 4.69) is 33.7 Å². The number of hydrogen-bond donors (Lipinski definition) is 3. The van der Waals surface area contributed by atoms with E-state index in [0.717, 1.165) is 25.2 Å². The number of halogens is 2. The smallest absolute Gasteiger partial charge is 0.330 e. The number of nitrogens with one attached hydrogen (secondary N) is 1. The summed E-state index contributed by atoms with van der Waals surface area (Å²) in [7, 11) is 1.06. The average molecular weight is 454 g/mol. The average Bonchev–Trinajstić information content (AvgIpc) is 2.84. The third-order valence-electron chi connectivity index (χ3n) is 4.90. The quantitative estimate of drug-likeness (QED) is 0.438. The fourth-order valence-corrected chi connectivity index (χ4v) is 2.75. The number of methoxy groups -OCH3 is 1. The molecule has 0 bridgehead atoms. The Morgan fingerprint density at radius 1 is 1.09 bits per heavy atom. The molecule has 172 valence electrons. The van der Waals surface area contributed by atoms with E-state index in [-0.39, 0.29) is 12.2 Å². The van der Waals surface area contributed by atoms with Gasteiger partial charge in [-0.3, -0.25) is 4.79 Å². The lowest BCUT2D eigenvalue weighted by atomic mass is 9.88. The molecule has 0 saturated heterocycles. The molecule has 2 aromatic carbocycles. The largest absolute Gasteiger partial charge is 0.467 e. The molecule has 0 spiro atoms. The van der Waals surface area contributed by atoms with E-state index in [1.165, 1.54) is 12.1 Å². The SMILES string of the molecule is COC(=O)C(NC(=O)c1ccc(C#CC#Cc2ccc(CO)cc2)cc1)C(C)(N)C(F)CF. The topological polar surface area (TPSA) is 102 Å². The van der Waals surface area contributed by atoms with Crippen LogP contribution in [-0.4, -0.2) is 48.5 Å². The van der Waals surface area contributed by atoms with Crippen molar-refractivity contribution in [2.75, 3.05) is 13.8 Å². The molecule has 8 heteroatoms. The van der Waals surface area contributed by atoms with Crippen molar-refractivity contribution in [3.8, 4) is 23.7 Å². The number of carbonyl (C=O) groups excluding carboxylic acids is 2. The third kappa shape index (κ3) is 6.88. The lowest BCUT2D eigenvalue weighted by Gasteiger charge is -2.34. The zero-order valence-corrected chi connectivity index (χ0v) is 18.2. The van der Waals surface area contributed by atoms with Crippen LogP contribution in [0.15, 0.2) is 48.5 Å². The Labute approximate surface area is 191 Å². The standard InChI is InChI=1S/C25H24F2N2O4/c1-25(28,21(27)15-26)22(24(32)33-2)29-23(31)20-13-11-18(12-14-20)6-4-3-5-17-7-9-19(16-30)10-8-17/h7-14,21-22,30H,15-16,28H2,1-2H3,(H,29,31). The first-order chi connectivity index (χ1) is 15.7. The number of benzene rings is 2. The fourth-order valence-electron chi connectivity index (χ4n) is 2.75. The highest BCUT2D eigenvalue weighted by atomic mass is 19.2. The van der Waals surface area contributed by atoms with Crippen molar-refractivity contribution >= 4 is 11.9 Å². The van der Waals surface area contributed by atoms with E-state index in [1.807, 2.05) is 0 Å². The molecule has 0 aromatic heterocycles. The molecular formula is C25H24F2N2O4. The van der Waals surface area contributed by atoms with Gasteiger partial charge in [0.2, 0.25) is 0 Å². The molecule has 0 heterocycles. The molecule has 2 aromatic rings. The van der Waals surface area contributed by atoms with E-state index < -0.39 is 36.3 Å². The summed E-state index contributed by atoms with van der Waals surface area (Å²) in [6, 6.07) is 11.6. The number of rotatable bonds is 7. The predicted molar refractivity (Wildman–Crippen MR) is 119 cm³/mol. The van der Waals surface area contributed by atoms with Gasteiger partial charge in [0.15, 0.2) is 0 Å². The molecule has 0 radical (unpaired) electrons. The van der Waals surface area contributed by atoms with Crippen LogP contribution in [0.25, 0.3) is 0 Å². The zero-order valence-electron chi connectivity index (χ0n) is 18.2. The van der Waals surface area contributed by atoms with E-state index in [1.54, 1.807) is 36.4 Å². The monoisotopic (exact) mass is 454 g/mol. The van der Waals surface area contributed by atoms with Gasteiger partial charge in [0, 0.05) is 16.7 Å². The number of aliphatic hydroxyl groups is 1. The van der Waals surface area contributed by atoms with Gasteiger partial charge in [-0.2, -0.15) is 0 Å². The van der Waals surface area contributed by atoms with Gasteiger partial charge >= 0.3 is 5.97 Å². The number of hydrogen-bond acceptors (Lipinski definition) is 5. The Morgan fingerprint density at radius 3 is 2.06 bits per heavy atom. The maximum atomic E-state index is 14.0. The van der Waals surface area contributed by atoms with Crippen LogP contribution in [-0.2, 0) is 16.1 Å². The second-order valence-corrected chi connectivity index (χ2v) is 7.35. The predicted octanol–water partition coefficient (Wildman–Crippen LogP) is 1.88. The first-order valence-electron chi connectivity index (χ1n) is 9.92. The van der Waals surface area contributed by atoms with Gasteiger partial charge in [-0.05, 0) is 60.7 Å². The van der Waals surface area contributed by atoms with Crippen LogP contribution >= 0.6 is 0 Å². The lowest BCUT2D eigenvalue weighted by molar-refractivity contribution is -0.145. The number of alkyl halides is 2. The van der Waals surface area contributed by atoms with Crippen molar-refractivity contribution in [1.82, 2.24) is 5.32 Å². The Hall–Kier alpha value is -3.72. The maximum Gasteiger partial charge on any atom is 0.330 e. The van der Waals surface area contributed by atoms with E-state index >= 15 is 0 Å². The van der Waals surface area contributed by atoms with E-state index in [9.17, 15) is 18.4 Å². The molecule has 2 rings (SSSR count). The number of ether oxygens (including phenoxy) is 1. The number of carbonyl (C=O) groups is 2. The minimum atomic E-state index is -2.19. The van der Waals surface area contributed by atoms with Crippen molar-refractivity contribution < 1.29 is 28.2 Å². The van der Waals surface area contributed by atoms with Crippen molar-refractivity contribution in [3.05, 3.63) is 70.8 Å². The summed E-state index contributed by atoms with van der Waals surface area (Å²) in [4.78, 5) is 24.6. The first kappa shape index (κ1) is 25.5. The van der Waals surface area contributed by atoms with Crippen molar-refractivity contribution in [2.24, 2.45) is 5.73 Å². The number of amides is 1. The second kappa shape index (κ2) is 11.8. The molecule has 3 atom stereocenters. The van der Waals surface area contributed by atoms with E-state index in [4.69, 9.17) is 10.8 Å². The van der Waals surface area contributed by atoms with Gasteiger partial charge < -0.3 is 20.9 Å². The molecule has 0 saturated carbocycles. The van der Waals surface area contributed by atoms with Crippen LogP contribution < -0.4 is 11.1 Å². The maximum absolute atomic E-state index is 14.0. The molecule has 0 aliphatic heterocycles. The van der Waals surface area contributed by atoms with E-state index in [0.29, 0.717) is 5.56 Å². The summed E-state index contributed by atoms with van der Waals surface area (Å²) in [5.41, 5.74) is 6.07. The summed E-state index contributed by atoms with van der Waals surface area (Å²) in [6.45, 7) is -0.329. The van der Waals surface area contributed by atoms with Crippen LogP contribution in [0, 0.1) is 23.7 Å². The van der Waals surface area contributed by atoms with Gasteiger partial charge in [-0.25, -0.2) is 13.6 Å². The number of esters is 1. The summed E-state index contributed by atoms with van der Waals surface area (Å²) in [5, 5.41) is 11.3. The van der Waals surface area contributed by atoms with Gasteiger partial charge in [0.05, 0.1) is 19.3 Å². The summed E-state index contributed by atoms with van der Waals surface area (Å²) < 4.78 is 31.4. The summed E-state index contributed by atoms with van der Waals surface area (Å²) >= 11 is 0. The van der Waals surface area contributed by atoms with Gasteiger partial charge in [0.25, 0.3) is 5.91 Å². The molecule has 0 fully saturated rings. The van der Waals surface area contributed by atoms with Crippen molar-refractivity contribution in [3.63, 3.8) is 0 Å². The highest BCUT2D eigenvalue weighted by Gasteiger charge is 2.44. The fraction of sp³-hybridized carbons (Fsp3) is 0.280. The van der Waals surface area contributed by atoms with Crippen LogP contribution in [0.5, 0.6) is 0 Å². The highest BCUT2D eigenvalue weighted by Crippen LogP contribution is 2.18. The van der Waals surface area contributed by atoms with Gasteiger partial charge in [0.1, 0.15) is 18.9 Å². The Bertz CT molecular complexity index is 1090. The zero-order chi connectivity index (χ0) is 24.4. The van der Waals surface area contributed by atoms with Crippen LogP contribution in [0.2, 0.25) is 0 Å². The Morgan fingerprint density at radius 2 is 1.61 bits per heavy atom. The van der Waals surface area contributed by atoms with Crippen LogP contribution in [0.3, 0.4) is 0 Å². The number of nitrogens with two attached hydrogens (primary N) is 1. The highest BCUT2D eigenvalue weighted by molar-refractivity contribution is 5.97. The lowest BCUT2D eigenvalue weighted by Crippen LogP contribution is -2.65. The Kier molecular flexibility index (Phi) is 9.11. The minimum absolute atomic E-state index is 0.0373. The molecular weight excluding hydrogens is 430 g/mol. The molecule has 0 aliphatic carbocycles. The van der Waals surface area contributed by atoms with Gasteiger partial charge in [-0.1, -0.05) is 24.0 Å². The second-order valence-electron chi connectivity index (χ2n) is 7.35. The Balaban J connectivity index is 2.09. The molecule has 3 unspecified atom stereocenters. The summed E-state index contributed by atoms with van der Waals surface area (Å²) in [5.74, 6) is 9.44. The van der Waals surface area contributed by atoms with Crippen LogP contribution in [0.4, 0.5) is 8.78 Å². The normalized spacial score (nSPS) is 13.8. The molecule has 4 N–H and O–H groups in total. The molecule has 6 nitrogen and oxygen atoms in total. The van der Waals surface area contributed by atoms with Crippen molar-refractivity contribution in [1.29, 1.82) is 0 Å². The molecule has 0 aliphatic rings. The van der Waals surface area contributed by atoms with Gasteiger partial charge in [-0.15, -0.1) is 0 Å². The first-order valence-corrected chi connectivity index (χ1v) is 9.92. The van der Waals surface area contributed by atoms with Crippen molar-refractivity contribution in [2.45, 2.75) is 31.3 Å². The molecule has 33 heavy (non-hydrogen) atoms. The third-order valence-corrected chi connectivity index (χ3v) is 4.90. The minimum Gasteiger partial charge on any atom is -0.467 e. The number of aliphatic hydroxyl groups excluding tert-OH is 1. The molecule has 1 amide bonds. The van der Waals surface area contributed by atoms with Crippen LogP contribution in [0.1, 0.15) is 34.0 Å².